The lowest BCUT2D eigenvalue weighted by Crippen LogP contribution is -2.38. The van der Waals surface area contributed by atoms with Crippen LogP contribution in [-0.4, -0.2) is 41.0 Å². The van der Waals surface area contributed by atoms with E-state index in [1.807, 2.05) is 17.0 Å². The number of alkyl halides is 2. The number of nitrogens with one attached hydrogen (secondary N) is 1. The van der Waals surface area contributed by atoms with Gasteiger partial charge in [-0.1, -0.05) is 0 Å². The minimum atomic E-state index is -1.23. The Hall–Kier alpha value is -2.77. The van der Waals surface area contributed by atoms with Gasteiger partial charge >= 0.3 is 6.09 Å². The van der Waals surface area contributed by atoms with Gasteiger partial charge in [-0.3, -0.25) is 9.99 Å². The van der Waals surface area contributed by atoms with E-state index in [0.29, 0.717) is 52.8 Å². The quantitative estimate of drug-likeness (QED) is 0.360. The molecular weight excluding hydrogens is 430 g/mol. The molecular formula is C21H21Cl2FN4O2. The van der Waals surface area contributed by atoms with Crippen molar-refractivity contribution >= 4 is 57.3 Å². The normalized spacial score (nSPS) is 10.8. The van der Waals surface area contributed by atoms with Crippen LogP contribution in [0.2, 0.25) is 0 Å². The van der Waals surface area contributed by atoms with Crippen molar-refractivity contribution in [2.75, 3.05) is 34.8 Å². The Morgan fingerprint density at radius 2 is 1.70 bits per heavy atom. The van der Waals surface area contributed by atoms with E-state index in [1.54, 1.807) is 31.2 Å². The van der Waals surface area contributed by atoms with Gasteiger partial charge < -0.3 is 10.0 Å². The molecule has 1 aromatic heterocycles. The summed E-state index contributed by atoms with van der Waals surface area (Å²) in [6, 6.07) is 13.3. The van der Waals surface area contributed by atoms with Crippen LogP contribution >= 0.6 is 23.2 Å². The molecule has 0 aliphatic heterocycles. The van der Waals surface area contributed by atoms with Gasteiger partial charge in [-0.15, -0.1) is 23.2 Å². The molecule has 0 fully saturated rings. The number of hydrogen-bond donors (Lipinski definition) is 2. The molecule has 30 heavy (non-hydrogen) atoms. The van der Waals surface area contributed by atoms with E-state index in [1.165, 1.54) is 17.1 Å². The maximum absolute atomic E-state index is 13.7. The first-order valence-electron chi connectivity index (χ1n) is 9.26. The number of anilines is 3. The van der Waals surface area contributed by atoms with Crippen LogP contribution in [0.15, 0.2) is 48.5 Å². The van der Waals surface area contributed by atoms with E-state index in [9.17, 15) is 14.3 Å². The molecule has 0 spiro atoms. The second-order valence-corrected chi connectivity index (χ2v) is 7.33. The molecule has 0 unspecified atom stereocenters. The van der Waals surface area contributed by atoms with Crippen LogP contribution in [0, 0.1) is 12.7 Å². The number of aryl methyl sites for hydroxylation is 1. The number of rotatable bonds is 8. The highest BCUT2D eigenvalue weighted by atomic mass is 35.5. The van der Waals surface area contributed by atoms with Gasteiger partial charge in [0.1, 0.15) is 5.82 Å². The second-order valence-electron chi connectivity index (χ2n) is 6.58. The van der Waals surface area contributed by atoms with Crippen LogP contribution in [0.3, 0.4) is 0 Å². The fourth-order valence-corrected chi connectivity index (χ4v) is 3.65. The molecule has 0 radical (unpaired) electrons. The fourth-order valence-electron chi connectivity index (χ4n) is 3.24. The van der Waals surface area contributed by atoms with Crippen LogP contribution in [0.5, 0.6) is 0 Å². The minimum absolute atomic E-state index is 0.410. The molecule has 0 atom stereocenters. The monoisotopic (exact) mass is 450 g/mol. The van der Waals surface area contributed by atoms with Crippen molar-refractivity contribution in [1.29, 1.82) is 0 Å². The summed E-state index contributed by atoms with van der Waals surface area (Å²) in [6.45, 7) is 3.06. The van der Waals surface area contributed by atoms with Gasteiger partial charge in [-0.2, -0.15) is 0 Å². The van der Waals surface area contributed by atoms with E-state index < -0.39 is 11.9 Å². The lowest BCUT2D eigenvalue weighted by molar-refractivity contribution is 0.194. The Morgan fingerprint density at radius 1 is 1.07 bits per heavy atom. The summed E-state index contributed by atoms with van der Waals surface area (Å²) in [7, 11) is 0. The Bertz CT molecular complexity index is 1020. The van der Waals surface area contributed by atoms with Crippen molar-refractivity contribution < 1.29 is 14.3 Å². The molecule has 0 bridgehead atoms. The molecule has 0 aliphatic rings. The zero-order valence-corrected chi connectivity index (χ0v) is 17.8. The van der Waals surface area contributed by atoms with E-state index in [2.05, 4.69) is 10.4 Å². The van der Waals surface area contributed by atoms with E-state index in [-0.39, 0.29) is 0 Å². The molecule has 158 valence electrons. The van der Waals surface area contributed by atoms with Crippen LogP contribution in [0.25, 0.3) is 10.9 Å². The topological polar surface area (TPSA) is 68.7 Å². The van der Waals surface area contributed by atoms with Gasteiger partial charge in [-0.05, 0) is 49.4 Å². The van der Waals surface area contributed by atoms with Gasteiger partial charge in [0.05, 0.1) is 16.9 Å². The van der Waals surface area contributed by atoms with Crippen LogP contribution in [0.4, 0.5) is 26.2 Å². The van der Waals surface area contributed by atoms with Crippen molar-refractivity contribution in [2.45, 2.75) is 6.92 Å². The Labute approximate surface area is 183 Å². The van der Waals surface area contributed by atoms with Gasteiger partial charge in [0.25, 0.3) is 0 Å². The van der Waals surface area contributed by atoms with Crippen molar-refractivity contribution in [3.8, 4) is 0 Å². The average molecular weight is 451 g/mol. The number of aromatic nitrogens is 1. The minimum Gasteiger partial charge on any atom is -0.464 e. The van der Waals surface area contributed by atoms with Gasteiger partial charge in [0.2, 0.25) is 0 Å². The Kier molecular flexibility index (Phi) is 7.18. The number of hydrazine groups is 1. The number of halogens is 3. The summed E-state index contributed by atoms with van der Waals surface area (Å²) in [5, 5.41) is 11.5. The molecule has 6 nitrogen and oxygen atoms in total. The molecule has 9 heteroatoms. The first-order valence-corrected chi connectivity index (χ1v) is 10.3. The summed E-state index contributed by atoms with van der Waals surface area (Å²) < 4.78 is 13.7. The third-order valence-electron chi connectivity index (χ3n) is 4.51. The first kappa shape index (κ1) is 21.9. The van der Waals surface area contributed by atoms with E-state index in [0.717, 1.165) is 5.69 Å². The maximum atomic E-state index is 13.7. The van der Waals surface area contributed by atoms with E-state index >= 15 is 0 Å². The molecule has 0 saturated heterocycles. The summed E-state index contributed by atoms with van der Waals surface area (Å²) in [5.41, 5.74) is 5.55. The van der Waals surface area contributed by atoms with Crippen LogP contribution in [-0.2, 0) is 0 Å². The predicted octanol–water partition coefficient (Wildman–Crippen LogP) is 5.29. The lowest BCUT2D eigenvalue weighted by atomic mass is 10.1. The molecule has 2 N–H and O–H groups in total. The standard InChI is InChI=1S/C21H21Cl2FN4O2/c1-14-12-20(18-7-2-15(24)13-19(18)25-14)28(26-21(29)30)17-5-3-16(4-6-17)27(10-8-22)11-9-23/h2-7,12-13,26H,8-11H2,1H3,(H,29,30). The average Bonchev–Trinajstić information content (AvgIpc) is 2.71. The third-order valence-corrected chi connectivity index (χ3v) is 4.85. The number of pyridine rings is 1. The number of nitrogens with zero attached hydrogens (tertiary/aromatic N) is 3. The molecule has 0 saturated carbocycles. The van der Waals surface area contributed by atoms with Gasteiger partial charge in [0.15, 0.2) is 0 Å². The molecule has 3 rings (SSSR count). The van der Waals surface area contributed by atoms with Crippen molar-refractivity contribution in [3.05, 3.63) is 60.0 Å². The van der Waals surface area contributed by atoms with E-state index in [4.69, 9.17) is 23.2 Å². The van der Waals surface area contributed by atoms with Crippen LogP contribution < -0.4 is 15.3 Å². The first-order chi connectivity index (χ1) is 14.4. The zero-order chi connectivity index (χ0) is 21.7. The molecule has 3 aromatic rings. The fraction of sp³-hybridized carbons (Fsp3) is 0.238. The maximum Gasteiger partial charge on any atom is 0.423 e. The van der Waals surface area contributed by atoms with Crippen LogP contribution in [0.1, 0.15) is 5.69 Å². The van der Waals surface area contributed by atoms with Crippen molar-refractivity contribution in [3.63, 3.8) is 0 Å². The number of hydrogen-bond acceptors (Lipinski definition) is 4. The zero-order valence-electron chi connectivity index (χ0n) is 16.3. The third kappa shape index (κ3) is 5.04. The predicted molar refractivity (Wildman–Crippen MR) is 120 cm³/mol. The summed E-state index contributed by atoms with van der Waals surface area (Å²) >= 11 is 11.8. The summed E-state index contributed by atoms with van der Waals surface area (Å²) in [4.78, 5) is 17.9. The Balaban J connectivity index is 2.06. The number of benzene rings is 2. The number of amides is 1. The molecule has 0 aliphatic carbocycles. The molecule has 1 heterocycles. The highest BCUT2D eigenvalue weighted by Crippen LogP contribution is 2.32. The Morgan fingerprint density at radius 3 is 2.30 bits per heavy atom. The van der Waals surface area contributed by atoms with Gasteiger partial charge in [-0.25, -0.2) is 14.6 Å². The molecule has 2 aromatic carbocycles. The van der Waals surface area contributed by atoms with Crippen molar-refractivity contribution in [1.82, 2.24) is 10.4 Å². The second kappa shape index (κ2) is 9.82. The largest absolute Gasteiger partial charge is 0.464 e. The highest BCUT2D eigenvalue weighted by Gasteiger charge is 2.17. The lowest BCUT2D eigenvalue weighted by Gasteiger charge is -2.27. The SMILES string of the molecule is Cc1cc(N(NC(=O)O)c2ccc(N(CCCl)CCCl)cc2)c2ccc(F)cc2n1. The van der Waals surface area contributed by atoms with Gasteiger partial charge in [0, 0.05) is 47.7 Å². The molecule has 1 amide bonds. The summed E-state index contributed by atoms with van der Waals surface area (Å²) in [5.74, 6) is 0.515. The highest BCUT2D eigenvalue weighted by molar-refractivity contribution is 6.18. The van der Waals surface area contributed by atoms with Crippen molar-refractivity contribution in [2.24, 2.45) is 0 Å². The smallest absolute Gasteiger partial charge is 0.423 e. The number of carboxylic acid groups (broad SMARTS) is 1. The summed E-state index contributed by atoms with van der Waals surface area (Å²) in [6.07, 6.45) is -1.23. The number of fused-ring (bicyclic) bond motifs is 1. The number of carbonyl (C=O) groups is 1.